The van der Waals surface area contributed by atoms with E-state index in [9.17, 15) is 0 Å². The van der Waals surface area contributed by atoms with Gasteiger partial charge in [-0.15, -0.1) is 0 Å². The average molecular weight is 272 g/mol. The average Bonchev–Trinajstić information content (AvgIpc) is 2.47. The lowest BCUT2D eigenvalue weighted by molar-refractivity contribution is 0.377. The highest BCUT2D eigenvalue weighted by molar-refractivity contribution is 5.44. The van der Waals surface area contributed by atoms with Crippen LogP contribution in [-0.2, 0) is 6.54 Å². The highest BCUT2D eigenvalue weighted by Gasteiger charge is 2.09. The van der Waals surface area contributed by atoms with Crippen molar-refractivity contribution < 1.29 is 9.47 Å². The van der Waals surface area contributed by atoms with Crippen LogP contribution in [0.25, 0.3) is 0 Å². The first-order valence-electron chi connectivity index (χ1n) is 6.71. The predicted molar refractivity (Wildman–Crippen MR) is 79.4 cm³/mol. The van der Waals surface area contributed by atoms with Gasteiger partial charge in [-0.25, -0.2) is 0 Å². The van der Waals surface area contributed by atoms with Crippen molar-refractivity contribution in [3.8, 4) is 17.2 Å². The van der Waals surface area contributed by atoms with E-state index in [1.54, 1.807) is 7.11 Å². The molecule has 0 amide bonds. The number of aryl methyl sites for hydroxylation is 1. The molecule has 0 unspecified atom stereocenters. The molecule has 4 nitrogen and oxygen atoms in total. The third kappa shape index (κ3) is 3.48. The van der Waals surface area contributed by atoms with E-state index < -0.39 is 0 Å². The predicted octanol–water partition coefficient (Wildman–Crippen LogP) is 3.30. The number of rotatable bonds is 6. The largest absolute Gasteiger partial charge is 0.493 e. The number of pyridine rings is 1. The molecule has 0 bridgehead atoms. The Morgan fingerprint density at radius 3 is 2.60 bits per heavy atom. The zero-order chi connectivity index (χ0) is 14.4. The fraction of sp³-hybridized carbons (Fsp3) is 0.312. The summed E-state index contributed by atoms with van der Waals surface area (Å²) in [6.07, 6.45) is 1.85. The van der Waals surface area contributed by atoms with Crippen molar-refractivity contribution in [2.75, 3.05) is 13.7 Å². The molecule has 106 valence electrons. The van der Waals surface area contributed by atoms with Crippen molar-refractivity contribution in [2.24, 2.45) is 0 Å². The van der Waals surface area contributed by atoms with Gasteiger partial charge in [0.1, 0.15) is 5.75 Å². The number of aromatic nitrogens is 1. The normalized spacial score (nSPS) is 10.3. The van der Waals surface area contributed by atoms with E-state index >= 15 is 0 Å². The molecule has 0 aliphatic heterocycles. The van der Waals surface area contributed by atoms with Crippen LogP contribution in [0.1, 0.15) is 18.2 Å². The Balaban J connectivity index is 2.29. The van der Waals surface area contributed by atoms with Crippen LogP contribution in [-0.4, -0.2) is 18.6 Å². The molecule has 0 fully saturated rings. The van der Waals surface area contributed by atoms with Crippen LogP contribution in [0.4, 0.5) is 0 Å². The molecule has 0 radical (unpaired) electrons. The summed E-state index contributed by atoms with van der Waals surface area (Å²) in [4.78, 5) is 4.33. The quantitative estimate of drug-likeness (QED) is 0.876. The summed E-state index contributed by atoms with van der Waals surface area (Å²) in [5.74, 6) is 2.23. The molecule has 0 aliphatic rings. The molecule has 1 heterocycles. The summed E-state index contributed by atoms with van der Waals surface area (Å²) in [6.45, 7) is 5.66. The summed E-state index contributed by atoms with van der Waals surface area (Å²) in [5.41, 5.74) is 1.96. The lowest BCUT2D eigenvalue weighted by atomic mass is 10.2. The first-order valence-corrected chi connectivity index (χ1v) is 6.71. The van der Waals surface area contributed by atoms with Gasteiger partial charge in [0.05, 0.1) is 7.11 Å². The Morgan fingerprint density at radius 1 is 1.15 bits per heavy atom. The van der Waals surface area contributed by atoms with Gasteiger partial charge in [0.2, 0.25) is 0 Å². The topological polar surface area (TPSA) is 43.4 Å². The Kier molecular flexibility index (Phi) is 4.96. The minimum Gasteiger partial charge on any atom is -0.493 e. The van der Waals surface area contributed by atoms with Gasteiger partial charge in [-0.2, -0.15) is 0 Å². The van der Waals surface area contributed by atoms with Crippen LogP contribution < -0.4 is 14.8 Å². The van der Waals surface area contributed by atoms with Crippen LogP contribution in [0.5, 0.6) is 17.2 Å². The second-order valence-corrected chi connectivity index (χ2v) is 4.47. The molecular weight excluding hydrogens is 252 g/mol. The number of methoxy groups -OCH3 is 1. The molecule has 0 aliphatic carbocycles. The van der Waals surface area contributed by atoms with Gasteiger partial charge >= 0.3 is 0 Å². The fourth-order valence-corrected chi connectivity index (χ4v) is 1.87. The molecule has 2 aromatic rings. The molecule has 1 aromatic heterocycles. The summed E-state index contributed by atoms with van der Waals surface area (Å²) >= 11 is 0. The van der Waals surface area contributed by atoms with Gasteiger partial charge < -0.3 is 14.8 Å². The van der Waals surface area contributed by atoms with Crippen molar-refractivity contribution in [1.82, 2.24) is 10.3 Å². The number of para-hydroxylation sites is 2. The number of benzene rings is 1. The zero-order valence-corrected chi connectivity index (χ0v) is 12.1. The van der Waals surface area contributed by atoms with E-state index in [1.807, 2.05) is 43.5 Å². The molecule has 20 heavy (non-hydrogen) atoms. The van der Waals surface area contributed by atoms with Gasteiger partial charge in [-0.05, 0) is 25.6 Å². The SMILES string of the molecule is CCNCc1cnc(C)cc1Oc1ccccc1OC. The zero-order valence-electron chi connectivity index (χ0n) is 12.1. The number of nitrogens with zero attached hydrogens (tertiary/aromatic N) is 1. The maximum Gasteiger partial charge on any atom is 0.169 e. The van der Waals surface area contributed by atoms with E-state index in [-0.39, 0.29) is 0 Å². The Morgan fingerprint density at radius 2 is 1.90 bits per heavy atom. The molecule has 0 saturated carbocycles. The summed E-state index contributed by atoms with van der Waals surface area (Å²) < 4.78 is 11.3. The Hall–Kier alpha value is -2.07. The van der Waals surface area contributed by atoms with Crippen molar-refractivity contribution in [2.45, 2.75) is 20.4 Å². The van der Waals surface area contributed by atoms with E-state index in [1.165, 1.54) is 0 Å². The van der Waals surface area contributed by atoms with Gasteiger partial charge in [-0.3, -0.25) is 4.98 Å². The molecule has 4 heteroatoms. The van der Waals surface area contributed by atoms with E-state index in [4.69, 9.17) is 9.47 Å². The number of hydrogen-bond donors (Lipinski definition) is 1. The summed E-state index contributed by atoms with van der Waals surface area (Å²) in [7, 11) is 1.64. The van der Waals surface area contributed by atoms with Crippen LogP contribution in [0.15, 0.2) is 36.5 Å². The van der Waals surface area contributed by atoms with Gasteiger partial charge in [0.25, 0.3) is 0 Å². The molecule has 1 aromatic carbocycles. The smallest absolute Gasteiger partial charge is 0.169 e. The second-order valence-electron chi connectivity index (χ2n) is 4.47. The summed E-state index contributed by atoms with van der Waals surface area (Å²) in [5, 5.41) is 3.29. The third-order valence-electron chi connectivity index (χ3n) is 2.93. The Bertz CT molecular complexity index is 570. The van der Waals surface area contributed by atoms with Crippen molar-refractivity contribution in [3.05, 3.63) is 47.8 Å². The van der Waals surface area contributed by atoms with Crippen LogP contribution >= 0.6 is 0 Å². The van der Waals surface area contributed by atoms with Gasteiger partial charge in [-0.1, -0.05) is 19.1 Å². The minimum absolute atomic E-state index is 0.707. The highest BCUT2D eigenvalue weighted by Crippen LogP contribution is 2.32. The van der Waals surface area contributed by atoms with E-state index in [2.05, 4.69) is 17.2 Å². The fourth-order valence-electron chi connectivity index (χ4n) is 1.87. The number of nitrogens with one attached hydrogen (secondary N) is 1. The van der Waals surface area contributed by atoms with Gasteiger partial charge in [0.15, 0.2) is 11.5 Å². The molecule has 0 spiro atoms. The number of ether oxygens (including phenoxy) is 2. The maximum absolute atomic E-state index is 6.00. The summed E-state index contributed by atoms with van der Waals surface area (Å²) in [6, 6.07) is 9.57. The molecular formula is C16H20N2O2. The number of hydrogen-bond acceptors (Lipinski definition) is 4. The van der Waals surface area contributed by atoms with Crippen LogP contribution in [0.2, 0.25) is 0 Å². The van der Waals surface area contributed by atoms with E-state index in [0.29, 0.717) is 5.75 Å². The monoisotopic (exact) mass is 272 g/mol. The van der Waals surface area contributed by atoms with Crippen molar-refractivity contribution in [3.63, 3.8) is 0 Å². The van der Waals surface area contributed by atoms with Crippen LogP contribution in [0, 0.1) is 6.92 Å². The highest BCUT2D eigenvalue weighted by atomic mass is 16.5. The molecule has 0 atom stereocenters. The van der Waals surface area contributed by atoms with Crippen LogP contribution in [0.3, 0.4) is 0 Å². The molecule has 0 saturated heterocycles. The van der Waals surface area contributed by atoms with Gasteiger partial charge in [0, 0.05) is 30.1 Å². The molecule has 2 rings (SSSR count). The first kappa shape index (κ1) is 14.3. The van der Waals surface area contributed by atoms with Crippen molar-refractivity contribution in [1.29, 1.82) is 0 Å². The third-order valence-corrected chi connectivity index (χ3v) is 2.93. The Labute approximate surface area is 119 Å². The minimum atomic E-state index is 0.707. The first-order chi connectivity index (χ1) is 9.74. The van der Waals surface area contributed by atoms with Crippen molar-refractivity contribution >= 4 is 0 Å². The maximum atomic E-state index is 6.00. The lowest BCUT2D eigenvalue weighted by Crippen LogP contribution is -2.12. The van der Waals surface area contributed by atoms with E-state index in [0.717, 1.165) is 35.8 Å². The standard InChI is InChI=1S/C16H20N2O2/c1-4-17-10-13-11-18-12(2)9-16(13)20-15-8-6-5-7-14(15)19-3/h5-9,11,17H,4,10H2,1-3H3. The molecule has 1 N–H and O–H groups in total. The second kappa shape index (κ2) is 6.91. The lowest BCUT2D eigenvalue weighted by Gasteiger charge is -2.14.